The van der Waals surface area contributed by atoms with E-state index >= 15 is 0 Å². The van der Waals surface area contributed by atoms with Gasteiger partial charge in [-0.05, 0) is 31.5 Å². The van der Waals surface area contributed by atoms with Gasteiger partial charge in [0.05, 0.1) is 6.07 Å². The summed E-state index contributed by atoms with van der Waals surface area (Å²) in [6, 6.07) is 8.45. The second kappa shape index (κ2) is 5.55. The fourth-order valence-electron chi connectivity index (χ4n) is 1.17. The Bertz CT molecular complexity index is 455. The van der Waals surface area contributed by atoms with Gasteiger partial charge in [-0.3, -0.25) is 0 Å². The van der Waals surface area contributed by atoms with E-state index in [0.29, 0.717) is 17.1 Å². The van der Waals surface area contributed by atoms with Crippen LogP contribution in [0.3, 0.4) is 0 Å². The fraction of sp³-hybridized carbons (Fsp3) is 0.333. The molecule has 90 valence electrons. The van der Waals surface area contributed by atoms with Crippen molar-refractivity contribution in [2.24, 2.45) is 0 Å². The van der Waals surface area contributed by atoms with Crippen LogP contribution in [-0.4, -0.2) is 11.6 Å². The maximum absolute atomic E-state index is 11.6. The number of carbonyl (C=O) groups excluding carboxylic acids is 1. The van der Waals surface area contributed by atoms with Crippen molar-refractivity contribution in [3.05, 3.63) is 29.3 Å². The molecule has 0 saturated carbocycles. The summed E-state index contributed by atoms with van der Waals surface area (Å²) in [6.07, 6.45) is 0.534. The zero-order valence-electron chi connectivity index (χ0n) is 9.75. The van der Waals surface area contributed by atoms with E-state index in [4.69, 9.17) is 16.9 Å². The SMILES string of the molecule is CCC(C)(C#N)NC(=O)Nc1cccc(Cl)c1. The molecule has 0 aromatic heterocycles. The van der Waals surface area contributed by atoms with Crippen LogP contribution in [0.25, 0.3) is 0 Å². The summed E-state index contributed by atoms with van der Waals surface area (Å²) in [7, 11) is 0. The van der Waals surface area contributed by atoms with Gasteiger partial charge in [-0.15, -0.1) is 0 Å². The van der Waals surface area contributed by atoms with Gasteiger partial charge in [-0.1, -0.05) is 24.6 Å². The van der Waals surface area contributed by atoms with Crippen molar-refractivity contribution in [3.63, 3.8) is 0 Å². The molecule has 0 heterocycles. The van der Waals surface area contributed by atoms with E-state index in [1.807, 2.05) is 6.92 Å². The van der Waals surface area contributed by atoms with E-state index in [9.17, 15) is 4.79 Å². The minimum Gasteiger partial charge on any atom is -0.320 e. The first-order valence-corrected chi connectivity index (χ1v) is 5.63. The summed E-state index contributed by atoms with van der Waals surface area (Å²) in [6.45, 7) is 3.51. The normalized spacial score (nSPS) is 13.3. The predicted octanol–water partition coefficient (Wildman–Crippen LogP) is 3.15. The molecule has 5 heteroatoms. The first kappa shape index (κ1) is 13.3. The Hall–Kier alpha value is -1.73. The monoisotopic (exact) mass is 251 g/mol. The number of urea groups is 1. The van der Waals surface area contributed by atoms with E-state index in [-0.39, 0.29) is 0 Å². The third kappa shape index (κ3) is 3.97. The van der Waals surface area contributed by atoms with Crippen molar-refractivity contribution in [1.82, 2.24) is 5.32 Å². The van der Waals surface area contributed by atoms with Crippen LogP contribution < -0.4 is 10.6 Å². The number of hydrogen-bond acceptors (Lipinski definition) is 2. The number of nitrogens with one attached hydrogen (secondary N) is 2. The Morgan fingerprint density at radius 2 is 2.29 bits per heavy atom. The smallest absolute Gasteiger partial charge is 0.320 e. The number of hydrogen-bond donors (Lipinski definition) is 2. The third-order valence-electron chi connectivity index (χ3n) is 2.43. The number of nitriles is 1. The van der Waals surface area contributed by atoms with Crippen molar-refractivity contribution >= 4 is 23.3 Å². The van der Waals surface area contributed by atoms with E-state index in [0.717, 1.165) is 0 Å². The van der Waals surface area contributed by atoms with E-state index < -0.39 is 11.6 Å². The molecule has 0 aliphatic rings. The number of anilines is 1. The molecule has 0 spiro atoms. The molecular formula is C12H14ClN3O. The van der Waals surface area contributed by atoms with Crippen molar-refractivity contribution in [3.8, 4) is 6.07 Å². The van der Waals surface area contributed by atoms with Gasteiger partial charge in [0.2, 0.25) is 0 Å². The molecule has 0 fully saturated rings. The Kier molecular flexibility index (Phi) is 4.36. The van der Waals surface area contributed by atoms with E-state index in [1.165, 1.54) is 0 Å². The van der Waals surface area contributed by atoms with Gasteiger partial charge in [-0.25, -0.2) is 4.79 Å². The average Bonchev–Trinajstić information content (AvgIpc) is 2.28. The zero-order chi connectivity index (χ0) is 12.9. The van der Waals surface area contributed by atoms with Gasteiger partial charge in [-0.2, -0.15) is 5.26 Å². The molecule has 1 atom stereocenters. The van der Waals surface area contributed by atoms with Crippen LogP contribution in [0, 0.1) is 11.3 Å². The number of rotatable bonds is 3. The largest absolute Gasteiger partial charge is 0.320 e. The van der Waals surface area contributed by atoms with Crippen LogP contribution in [-0.2, 0) is 0 Å². The number of amides is 2. The molecule has 1 aromatic rings. The van der Waals surface area contributed by atoms with Crippen LogP contribution in [0.5, 0.6) is 0 Å². The maximum Gasteiger partial charge on any atom is 0.320 e. The fourth-order valence-corrected chi connectivity index (χ4v) is 1.36. The molecule has 0 bridgehead atoms. The van der Waals surface area contributed by atoms with Gasteiger partial charge in [0.25, 0.3) is 0 Å². The average molecular weight is 252 g/mol. The molecule has 4 nitrogen and oxygen atoms in total. The number of carbonyl (C=O) groups is 1. The lowest BCUT2D eigenvalue weighted by atomic mass is 10.0. The topological polar surface area (TPSA) is 64.9 Å². The standard InChI is InChI=1S/C12H14ClN3O/c1-3-12(2,8-14)16-11(17)15-10-6-4-5-9(13)7-10/h4-7H,3H2,1-2H3,(H2,15,16,17). The lowest BCUT2D eigenvalue weighted by Gasteiger charge is -2.21. The zero-order valence-corrected chi connectivity index (χ0v) is 10.5. The van der Waals surface area contributed by atoms with Crippen LogP contribution in [0.4, 0.5) is 10.5 Å². The molecule has 17 heavy (non-hydrogen) atoms. The number of nitrogens with zero attached hydrogens (tertiary/aromatic N) is 1. The summed E-state index contributed by atoms with van der Waals surface area (Å²) in [5.74, 6) is 0. The minimum atomic E-state index is -0.858. The van der Waals surface area contributed by atoms with Gasteiger partial charge < -0.3 is 10.6 Å². The highest BCUT2D eigenvalue weighted by atomic mass is 35.5. The van der Waals surface area contributed by atoms with Crippen molar-refractivity contribution < 1.29 is 4.79 Å². The second-order valence-corrected chi connectivity index (χ2v) is 4.32. The van der Waals surface area contributed by atoms with Crippen molar-refractivity contribution in [1.29, 1.82) is 5.26 Å². The number of halogens is 1. The van der Waals surface area contributed by atoms with Crippen LogP contribution in [0.2, 0.25) is 5.02 Å². The van der Waals surface area contributed by atoms with Crippen molar-refractivity contribution in [2.45, 2.75) is 25.8 Å². The molecule has 1 aromatic carbocycles. The molecule has 1 rings (SSSR count). The van der Waals surface area contributed by atoms with Crippen LogP contribution in [0.15, 0.2) is 24.3 Å². The highest BCUT2D eigenvalue weighted by Crippen LogP contribution is 2.15. The second-order valence-electron chi connectivity index (χ2n) is 3.89. The Labute approximate surface area is 106 Å². The first-order valence-electron chi connectivity index (χ1n) is 5.25. The molecule has 0 aliphatic heterocycles. The summed E-state index contributed by atoms with van der Waals surface area (Å²) in [5, 5.41) is 14.7. The van der Waals surface area contributed by atoms with Gasteiger partial charge in [0, 0.05) is 10.7 Å². The third-order valence-corrected chi connectivity index (χ3v) is 2.66. The molecule has 0 saturated heterocycles. The highest BCUT2D eigenvalue weighted by Gasteiger charge is 2.23. The number of benzene rings is 1. The quantitative estimate of drug-likeness (QED) is 0.867. The molecule has 0 aliphatic carbocycles. The molecule has 0 radical (unpaired) electrons. The Morgan fingerprint density at radius 1 is 1.59 bits per heavy atom. The van der Waals surface area contributed by atoms with E-state index in [2.05, 4.69) is 16.7 Å². The van der Waals surface area contributed by atoms with Crippen LogP contribution >= 0.6 is 11.6 Å². The van der Waals surface area contributed by atoms with Gasteiger partial charge in [0.1, 0.15) is 5.54 Å². The highest BCUT2D eigenvalue weighted by molar-refractivity contribution is 6.30. The molecule has 1 unspecified atom stereocenters. The van der Waals surface area contributed by atoms with Crippen LogP contribution in [0.1, 0.15) is 20.3 Å². The molecule has 2 amide bonds. The summed E-state index contributed by atoms with van der Waals surface area (Å²) >= 11 is 5.79. The predicted molar refractivity (Wildman–Crippen MR) is 67.9 cm³/mol. The Morgan fingerprint density at radius 3 is 2.82 bits per heavy atom. The first-order chi connectivity index (χ1) is 7.99. The molecule has 2 N–H and O–H groups in total. The van der Waals surface area contributed by atoms with Gasteiger partial charge in [0.15, 0.2) is 0 Å². The lowest BCUT2D eigenvalue weighted by Crippen LogP contribution is -2.46. The van der Waals surface area contributed by atoms with Crippen molar-refractivity contribution in [2.75, 3.05) is 5.32 Å². The summed E-state index contributed by atoms with van der Waals surface area (Å²) in [5.41, 5.74) is -0.269. The summed E-state index contributed by atoms with van der Waals surface area (Å²) in [4.78, 5) is 11.6. The lowest BCUT2D eigenvalue weighted by molar-refractivity contribution is 0.244. The maximum atomic E-state index is 11.6. The molecular weight excluding hydrogens is 238 g/mol. The minimum absolute atomic E-state index is 0.418. The Balaban J connectivity index is 2.65. The van der Waals surface area contributed by atoms with Gasteiger partial charge >= 0.3 is 6.03 Å². The summed E-state index contributed by atoms with van der Waals surface area (Å²) < 4.78 is 0. The van der Waals surface area contributed by atoms with E-state index in [1.54, 1.807) is 31.2 Å².